The fourth-order valence-corrected chi connectivity index (χ4v) is 3.54. The predicted molar refractivity (Wildman–Crippen MR) is 113 cm³/mol. The summed E-state index contributed by atoms with van der Waals surface area (Å²) in [6.07, 6.45) is 2.94. The molecule has 0 aliphatic heterocycles. The third kappa shape index (κ3) is 3.27. The van der Waals surface area contributed by atoms with Gasteiger partial charge in [0.2, 0.25) is 0 Å². The van der Waals surface area contributed by atoms with Crippen molar-refractivity contribution in [2.75, 3.05) is 0 Å². The number of hydrogen-bond donors (Lipinski definition) is 0. The van der Waals surface area contributed by atoms with Crippen molar-refractivity contribution in [1.29, 1.82) is 0 Å². The summed E-state index contributed by atoms with van der Waals surface area (Å²) in [6, 6.07) is 11.7. The van der Waals surface area contributed by atoms with E-state index in [1.165, 1.54) is 17.1 Å². The molecule has 29 heavy (non-hydrogen) atoms. The Bertz CT molecular complexity index is 1310. The number of rotatable bonds is 4. The molecule has 2 aromatic carbocycles. The second-order valence-corrected chi connectivity index (χ2v) is 7.43. The van der Waals surface area contributed by atoms with Gasteiger partial charge >= 0.3 is 0 Å². The molecule has 4 aromatic rings. The van der Waals surface area contributed by atoms with Crippen LogP contribution in [0, 0.1) is 27.7 Å². The van der Waals surface area contributed by atoms with Crippen LogP contribution in [0.1, 0.15) is 32.6 Å². The molecule has 0 aliphatic carbocycles. The lowest BCUT2D eigenvalue weighted by Gasteiger charge is -2.10. The van der Waals surface area contributed by atoms with Gasteiger partial charge in [-0.25, -0.2) is 9.67 Å². The Balaban J connectivity index is 1.73. The first-order valence-electron chi connectivity index (χ1n) is 9.47. The van der Waals surface area contributed by atoms with Gasteiger partial charge in [0.15, 0.2) is 11.4 Å². The van der Waals surface area contributed by atoms with Gasteiger partial charge in [0, 0.05) is 5.56 Å². The standard InChI is InChI=1S/C23H22N4O2/c1-14-7-5-6-8-20(14)27-22-19(11-25-27)23(29)26(13-24-22)12-21(28)18-10-16(3)15(2)9-17(18)4/h5-11,13H,12H2,1-4H3. The molecule has 0 saturated heterocycles. The van der Waals surface area contributed by atoms with E-state index in [2.05, 4.69) is 10.1 Å². The fraction of sp³-hybridized carbons (Fsp3) is 0.217. The van der Waals surface area contributed by atoms with Crippen molar-refractivity contribution in [3.63, 3.8) is 0 Å². The van der Waals surface area contributed by atoms with Crippen molar-refractivity contribution in [2.24, 2.45) is 0 Å². The number of aromatic nitrogens is 4. The Kier molecular flexibility index (Phi) is 4.62. The van der Waals surface area contributed by atoms with Crippen molar-refractivity contribution < 1.29 is 4.79 Å². The Morgan fingerprint density at radius 2 is 1.69 bits per heavy atom. The van der Waals surface area contributed by atoms with Crippen LogP contribution in [0.5, 0.6) is 0 Å². The molecule has 0 N–H and O–H groups in total. The molecule has 0 saturated carbocycles. The number of nitrogens with zero attached hydrogens (tertiary/aromatic N) is 4. The number of Topliss-reactive ketones (excluding diaryl/α,β-unsaturated/α-hetero) is 1. The largest absolute Gasteiger partial charge is 0.292 e. The van der Waals surface area contributed by atoms with Crippen LogP contribution in [0.15, 0.2) is 53.7 Å². The Labute approximate surface area is 168 Å². The highest BCUT2D eigenvalue weighted by Crippen LogP contribution is 2.18. The minimum atomic E-state index is -0.273. The highest BCUT2D eigenvalue weighted by atomic mass is 16.1. The molecule has 0 fully saturated rings. The molecule has 0 radical (unpaired) electrons. The van der Waals surface area contributed by atoms with Gasteiger partial charge in [0.05, 0.1) is 18.4 Å². The number of aryl methyl sites for hydroxylation is 4. The van der Waals surface area contributed by atoms with Crippen LogP contribution in [0.3, 0.4) is 0 Å². The van der Waals surface area contributed by atoms with Gasteiger partial charge in [-0.3, -0.25) is 14.2 Å². The summed E-state index contributed by atoms with van der Waals surface area (Å²) < 4.78 is 3.01. The first-order chi connectivity index (χ1) is 13.9. The second kappa shape index (κ2) is 7.13. The summed E-state index contributed by atoms with van der Waals surface area (Å²) in [6.45, 7) is 7.84. The topological polar surface area (TPSA) is 69.8 Å². The number of ketones is 1. The van der Waals surface area contributed by atoms with Crippen molar-refractivity contribution in [1.82, 2.24) is 19.3 Å². The number of carbonyl (C=O) groups is 1. The highest BCUT2D eigenvalue weighted by Gasteiger charge is 2.16. The highest BCUT2D eigenvalue weighted by molar-refractivity contribution is 5.97. The molecule has 2 aromatic heterocycles. The van der Waals surface area contributed by atoms with Crippen LogP contribution >= 0.6 is 0 Å². The number of hydrogen-bond acceptors (Lipinski definition) is 4. The molecule has 6 heteroatoms. The molecule has 6 nitrogen and oxygen atoms in total. The van der Waals surface area contributed by atoms with Crippen molar-refractivity contribution >= 4 is 16.8 Å². The molecule has 0 atom stereocenters. The Hall–Kier alpha value is -3.54. The summed E-state index contributed by atoms with van der Waals surface area (Å²) in [5, 5.41) is 4.75. The smallest absolute Gasteiger partial charge is 0.264 e. The van der Waals surface area contributed by atoms with Gasteiger partial charge in [-0.05, 0) is 62.1 Å². The van der Waals surface area contributed by atoms with E-state index in [0.717, 1.165) is 27.9 Å². The fourth-order valence-electron chi connectivity index (χ4n) is 3.54. The SMILES string of the molecule is Cc1cc(C)c(C(=O)Cn2cnc3c(cnn3-c3ccccc3C)c2=O)cc1C. The van der Waals surface area contributed by atoms with Crippen LogP contribution in [-0.2, 0) is 6.54 Å². The molecule has 0 bridgehead atoms. The van der Waals surface area contributed by atoms with E-state index in [0.29, 0.717) is 16.6 Å². The molecular weight excluding hydrogens is 364 g/mol. The van der Waals surface area contributed by atoms with Crippen LogP contribution < -0.4 is 5.56 Å². The lowest BCUT2D eigenvalue weighted by atomic mass is 9.98. The van der Waals surface area contributed by atoms with Gasteiger partial charge in [0.1, 0.15) is 11.7 Å². The monoisotopic (exact) mass is 386 g/mol. The maximum Gasteiger partial charge on any atom is 0.264 e. The summed E-state index contributed by atoms with van der Waals surface area (Å²) in [5.41, 5.74) is 5.85. The summed E-state index contributed by atoms with van der Waals surface area (Å²) >= 11 is 0. The summed E-state index contributed by atoms with van der Waals surface area (Å²) in [7, 11) is 0. The molecule has 0 amide bonds. The normalized spacial score (nSPS) is 11.2. The molecular formula is C23H22N4O2. The quantitative estimate of drug-likeness (QED) is 0.502. The van der Waals surface area contributed by atoms with Crippen LogP contribution in [0.2, 0.25) is 0 Å². The summed E-state index contributed by atoms with van der Waals surface area (Å²) in [4.78, 5) is 30.2. The van der Waals surface area contributed by atoms with E-state index in [1.54, 1.807) is 4.68 Å². The van der Waals surface area contributed by atoms with E-state index in [-0.39, 0.29) is 17.9 Å². The molecule has 146 valence electrons. The van der Waals surface area contributed by atoms with Crippen LogP contribution in [-0.4, -0.2) is 25.1 Å². The minimum Gasteiger partial charge on any atom is -0.292 e. The Morgan fingerprint density at radius 3 is 2.45 bits per heavy atom. The summed E-state index contributed by atoms with van der Waals surface area (Å²) in [5.74, 6) is -0.111. The van der Waals surface area contributed by atoms with Gasteiger partial charge in [-0.15, -0.1) is 0 Å². The average molecular weight is 386 g/mol. The second-order valence-electron chi connectivity index (χ2n) is 7.43. The number of benzene rings is 2. The van der Waals surface area contributed by atoms with Gasteiger partial charge in [-0.1, -0.05) is 24.3 Å². The van der Waals surface area contributed by atoms with E-state index in [9.17, 15) is 9.59 Å². The van der Waals surface area contributed by atoms with Gasteiger partial charge < -0.3 is 0 Å². The number of carbonyl (C=O) groups excluding carboxylic acids is 1. The first kappa shape index (κ1) is 18.8. The van der Waals surface area contributed by atoms with Gasteiger partial charge in [-0.2, -0.15) is 5.10 Å². The van der Waals surface area contributed by atoms with Crippen molar-refractivity contribution in [3.05, 3.63) is 87.1 Å². The maximum absolute atomic E-state index is 12.9. The third-order valence-corrected chi connectivity index (χ3v) is 5.35. The number of para-hydroxylation sites is 1. The van der Waals surface area contributed by atoms with E-state index >= 15 is 0 Å². The molecule has 4 rings (SSSR count). The third-order valence-electron chi connectivity index (χ3n) is 5.35. The Morgan fingerprint density at radius 1 is 0.966 bits per heavy atom. The van der Waals surface area contributed by atoms with Crippen LogP contribution in [0.4, 0.5) is 0 Å². The predicted octanol–water partition coefficient (Wildman–Crippen LogP) is 3.70. The average Bonchev–Trinajstić information content (AvgIpc) is 3.12. The zero-order valence-electron chi connectivity index (χ0n) is 16.9. The lowest BCUT2D eigenvalue weighted by Crippen LogP contribution is -2.25. The zero-order chi connectivity index (χ0) is 20.7. The van der Waals surface area contributed by atoms with E-state index in [1.807, 2.05) is 64.1 Å². The maximum atomic E-state index is 12.9. The van der Waals surface area contributed by atoms with Crippen molar-refractivity contribution in [3.8, 4) is 5.69 Å². The molecule has 2 heterocycles. The minimum absolute atomic E-state index is 0.0549. The van der Waals surface area contributed by atoms with Gasteiger partial charge in [0.25, 0.3) is 5.56 Å². The zero-order valence-corrected chi connectivity index (χ0v) is 16.9. The molecule has 0 unspecified atom stereocenters. The lowest BCUT2D eigenvalue weighted by molar-refractivity contribution is 0.0970. The molecule has 0 spiro atoms. The molecule has 0 aliphatic rings. The first-order valence-corrected chi connectivity index (χ1v) is 9.47. The van der Waals surface area contributed by atoms with E-state index < -0.39 is 0 Å². The van der Waals surface area contributed by atoms with Crippen LogP contribution in [0.25, 0.3) is 16.7 Å². The van der Waals surface area contributed by atoms with E-state index in [4.69, 9.17) is 0 Å². The van der Waals surface area contributed by atoms with Crippen molar-refractivity contribution in [2.45, 2.75) is 34.2 Å². The number of fused-ring (bicyclic) bond motifs is 1.